The normalized spacial score (nSPS) is 20.6. The summed E-state index contributed by atoms with van der Waals surface area (Å²) in [5.41, 5.74) is -0.112. The van der Waals surface area contributed by atoms with Gasteiger partial charge in [0.25, 0.3) is 5.03 Å². The molecule has 1 saturated heterocycles. The van der Waals surface area contributed by atoms with Gasteiger partial charge in [-0.3, -0.25) is 9.59 Å². The van der Waals surface area contributed by atoms with Gasteiger partial charge in [0.05, 0.1) is 5.56 Å². The molecule has 2 amide bonds. The van der Waals surface area contributed by atoms with Crippen LogP contribution in [0.15, 0.2) is 47.6 Å². The molecular weight excluding hydrogens is 407 g/mol. The third kappa shape index (κ3) is 4.38. The summed E-state index contributed by atoms with van der Waals surface area (Å²) in [6.45, 7) is 0.196. The lowest BCUT2D eigenvalue weighted by Crippen LogP contribution is -2.33. The molecular formula is C19H18F3N3O3S. The van der Waals surface area contributed by atoms with Crippen LogP contribution in [0.25, 0.3) is 0 Å². The van der Waals surface area contributed by atoms with Gasteiger partial charge in [0, 0.05) is 36.9 Å². The van der Waals surface area contributed by atoms with E-state index in [0.29, 0.717) is 5.56 Å². The number of hydrogen-bond acceptors (Lipinski definition) is 4. The summed E-state index contributed by atoms with van der Waals surface area (Å²) in [6.07, 6.45) is -1.62. The minimum atomic E-state index is -4.47. The number of amides is 2. The minimum Gasteiger partial charge on any atom is -0.610 e. The number of carbonyl (C=O) groups excluding carboxylic acids is 2. The van der Waals surface area contributed by atoms with E-state index in [4.69, 9.17) is 0 Å². The number of likely N-dealkylation sites (N-methyl/N-ethyl adjacent to an activating group) is 1. The van der Waals surface area contributed by atoms with Gasteiger partial charge in [0.1, 0.15) is 17.9 Å². The lowest BCUT2D eigenvalue weighted by atomic mass is 9.87. The number of nitrogens with one attached hydrogen (secondary N) is 1. The molecule has 10 heteroatoms. The van der Waals surface area contributed by atoms with E-state index in [1.807, 2.05) is 0 Å². The molecule has 3 atom stereocenters. The third-order valence-corrected chi connectivity index (χ3v) is 5.64. The van der Waals surface area contributed by atoms with Crippen LogP contribution in [-0.4, -0.2) is 46.1 Å². The summed E-state index contributed by atoms with van der Waals surface area (Å²) in [5, 5.41) is 2.77. The van der Waals surface area contributed by atoms with Crippen LogP contribution in [0.5, 0.6) is 0 Å². The van der Waals surface area contributed by atoms with Crippen LogP contribution >= 0.6 is 0 Å². The second kappa shape index (κ2) is 8.03. The highest BCUT2D eigenvalue weighted by Gasteiger charge is 2.44. The molecule has 0 bridgehead atoms. The number of pyridine rings is 1. The Morgan fingerprint density at radius 3 is 2.52 bits per heavy atom. The zero-order valence-electron chi connectivity index (χ0n) is 15.6. The smallest absolute Gasteiger partial charge is 0.416 e. The van der Waals surface area contributed by atoms with Crippen molar-refractivity contribution in [2.45, 2.75) is 17.1 Å². The van der Waals surface area contributed by atoms with Gasteiger partial charge in [-0.2, -0.15) is 13.2 Å². The van der Waals surface area contributed by atoms with Crippen molar-refractivity contribution in [1.29, 1.82) is 0 Å². The number of rotatable bonds is 4. The van der Waals surface area contributed by atoms with Gasteiger partial charge in [-0.15, -0.1) is 0 Å². The number of halogens is 3. The Morgan fingerprint density at radius 1 is 1.28 bits per heavy atom. The maximum Gasteiger partial charge on any atom is 0.416 e. The van der Waals surface area contributed by atoms with E-state index in [9.17, 15) is 27.3 Å². The predicted octanol–water partition coefficient (Wildman–Crippen LogP) is 2.65. The van der Waals surface area contributed by atoms with Crippen LogP contribution in [0, 0.1) is 5.92 Å². The second-order valence-corrected chi connectivity index (χ2v) is 8.02. The van der Waals surface area contributed by atoms with Crippen molar-refractivity contribution in [3.8, 4) is 0 Å². The largest absolute Gasteiger partial charge is 0.610 e. The van der Waals surface area contributed by atoms with Crippen molar-refractivity contribution < 1.29 is 27.3 Å². The average Bonchev–Trinajstić information content (AvgIpc) is 2.96. The molecule has 1 fully saturated rings. The van der Waals surface area contributed by atoms with E-state index >= 15 is 0 Å². The SMILES string of the molecule is CN1C[C@H](c2ccc(C(F)(F)F)cc2)[C@@H](C(=O)Nc2cccnc2[S+](C)[O-])C1=O. The molecule has 2 aromatic rings. The number of anilines is 1. The lowest BCUT2D eigenvalue weighted by Gasteiger charge is -2.18. The first-order valence-electron chi connectivity index (χ1n) is 8.61. The van der Waals surface area contributed by atoms with Gasteiger partial charge < -0.3 is 14.8 Å². The molecule has 1 N–H and O–H groups in total. The fourth-order valence-electron chi connectivity index (χ4n) is 3.34. The van der Waals surface area contributed by atoms with Crippen LogP contribution in [0.2, 0.25) is 0 Å². The molecule has 1 aromatic heterocycles. The number of carbonyl (C=O) groups is 2. The van der Waals surface area contributed by atoms with E-state index in [2.05, 4.69) is 10.3 Å². The van der Waals surface area contributed by atoms with Crippen molar-refractivity contribution in [2.24, 2.45) is 5.92 Å². The minimum absolute atomic E-state index is 0.172. The maximum absolute atomic E-state index is 12.9. The molecule has 1 aliphatic rings. The van der Waals surface area contributed by atoms with Crippen molar-refractivity contribution in [1.82, 2.24) is 9.88 Å². The first-order chi connectivity index (χ1) is 13.6. The molecule has 0 saturated carbocycles. The Bertz CT molecular complexity index is 919. The fourth-order valence-corrected chi connectivity index (χ4v) is 3.98. The first-order valence-corrected chi connectivity index (χ1v) is 10.2. The Balaban J connectivity index is 1.88. The first kappa shape index (κ1) is 21.1. The molecule has 29 heavy (non-hydrogen) atoms. The molecule has 6 nitrogen and oxygen atoms in total. The molecule has 2 heterocycles. The standard InChI is InChI=1S/C19H18F3N3O3S/c1-25-10-13(11-5-7-12(8-6-11)19(20,21)22)15(18(25)27)16(26)24-14-4-3-9-23-17(14)29(2)28/h3-9,13,15H,10H2,1-2H3,(H,24,26)/t13-,15+,29?/m1/s1. The highest BCUT2D eigenvalue weighted by Crippen LogP contribution is 2.36. The van der Waals surface area contributed by atoms with Crippen LogP contribution in [0.1, 0.15) is 17.0 Å². The Labute approximate surface area is 168 Å². The van der Waals surface area contributed by atoms with E-state index < -0.39 is 46.6 Å². The molecule has 1 aromatic carbocycles. The summed E-state index contributed by atoms with van der Waals surface area (Å²) in [7, 11) is 1.53. The van der Waals surface area contributed by atoms with E-state index in [-0.39, 0.29) is 17.3 Å². The van der Waals surface area contributed by atoms with E-state index in [1.165, 1.54) is 42.6 Å². The van der Waals surface area contributed by atoms with Gasteiger partial charge in [-0.1, -0.05) is 12.1 Å². The Kier molecular flexibility index (Phi) is 5.85. The average molecular weight is 425 g/mol. The van der Waals surface area contributed by atoms with Gasteiger partial charge >= 0.3 is 6.18 Å². The summed E-state index contributed by atoms with van der Waals surface area (Å²) in [4.78, 5) is 30.8. The van der Waals surface area contributed by atoms with Crippen molar-refractivity contribution in [3.05, 3.63) is 53.7 Å². The number of hydrogen-bond donors (Lipinski definition) is 1. The molecule has 1 aliphatic heterocycles. The molecule has 1 unspecified atom stereocenters. The number of alkyl halides is 3. The van der Waals surface area contributed by atoms with Gasteiger partial charge in [-0.25, -0.2) is 4.98 Å². The zero-order chi connectivity index (χ0) is 21.3. The number of likely N-dealkylation sites (tertiary alicyclic amines) is 1. The van der Waals surface area contributed by atoms with Gasteiger partial charge in [-0.05, 0) is 29.8 Å². The highest BCUT2D eigenvalue weighted by molar-refractivity contribution is 7.90. The van der Waals surface area contributed by atoms with Crippen molar-refractivity contribution in [2.75, 3.05) is 25.2 Å². The molecule has 3 rings (SSSR count). The predicted molar refractivity (Wildman–Crippen MR) is 101 cm³/mol. The van der Waals surface area contributed by atoms with Crippen molar-refractivity contribution in [3.63, 3.8) is 0 Å². The molecule has 0 aliphatic carbocycles. The van der Waals surface area contributed by atoms with Gasteiger partial charge in [0.15, 0.2) is 0 Å². The summed E-state index contributed by atoms with van der Waals surface area (Å²) in [6, 6.07) is 7.53. The zero-order valence-corrected chi connectivity index (χ0v) is 16.4. The van der Waals surface area contributed by atoms with Crippen LogP contribution in [-0.2, 0) is 26.9 Å². The topological polar surface area (TPSA) is 85.4 Å². The van der Waals surface area contributed by atoms with Crippen molar-refractivity contribution >= 4 is 28.7 Å². The molecule has 0 radical (unpaired) electrons. The summed E-state index contributed by atoms with van der Waals surface area (Å²) in [5.74, 6) is -2.78. The number of nitrogens with zero attached hydrogens (tertiary/aromatic N) is 2. The fraction of sp³-hybridized carbons (Fsp3) is 0.316. The summed E-state index contributed by atoms with van der Waals surface area (Å²) < 4.78 is 50.3. The molecule has 0 spiro atoms. The quantitative estimate of drug-likeness (QED) is 0.603. The lowest BCUT2D eigenvalue weighted by molar-refractivity contribution is -0.138. The Hall–Kier alpha value is -2.59. The number of aromatic nitrogens is 1. The van der Waals surface area contributed by atoms with Crippen LogP contribution in [0.4, 0.5) is 18.9 Å². The van der Waals surface area contributed by atoms with E-state index in [1.54, 1.807) is 6.07 Å². The number of benzene rings is 1. The van der Waals surface area contributed by atoms with E-state index in [0.717, 1.165) is 12.1 Å². The highest BCUT2D eigenvalue weighted by atomic mass is 32.2. The summed E-state index contributed by atoms with van der Waals surface area (Å²) >= 11 is -1.46. The second-order valence-electron chi connectivity index (χ2n) is 6.72. The monoisotopic (exact) mass is 425 g/mol. The third-order valence-electron chi connectivity index (χ3n) is 4.77. The Morgan fingerprint density at radius 2 is 1.93 bits per heavy atom. The van der Waals surface area contributed by atoms with Gasteiger partial charge in [0.2, 0.25) is 11.8 Å². The maximum atomic E-state index is 12.9. The van der Waals surface area contributed by atoms with Crippen LogP contribution < -0.4 is 5.32 Å². The molecule has 154 valence electrons. The van der Waals surface area contributed by atoms with Crippen LogP contribution in [0.3, 0.4) is 0 Å².